The Balaban J connectivity index is 2.22. The van der Waals surface area contributed by atoms with E-state index in [2.05, 4.69) is 9.97 Å². The maximum atomic E-state index is 10.9. The molecule has 0 amide bonds. The third kappa shape index (κ3) is 3.56. The molecule has 0 aliphatic carbocycles. The summed E-state index contributed by atoms with van der Waals surface area (Å²) >= 11 is 12.9. The molecule has 0 saturated heterocycles. The van der Waals surface area contributed by atoms with Crippen molar-refractivity contribution in [3.63, 3.8) is 0 Å². The molecule has 0 N–H and O–H groups in total. The highest BCUT2D eigenvalue weighted by Crippen LogP contribution is 2.31. The van der Waals surface area contributed by atoms with Gasteiger partial charge in [0, 0.05) is 10.8 Å². The maximum Gasteiger partial charge on any atom is 0.319 e. The van der Waals surface area contributed by atoms with Gasteiger partial charge in [0.2, 0.25) is 5.28 Å². The highest BCUT2D eigenvalue weighted by molar-refractivity contribution is 7.98. The fraction of sp³-hybridized carbons (Fsp3) is 0.0909. The zero-order valence-electron chi connectivity index (χ0n) is 9.42. The molecule has 0 unspecified atom stereocenters. The maximum absolute atomic E-state index is 10.9. The molecular formula is C11H7Cl2N3O2S. The SMILES string of the molecule is O=[N+]([O-])c1cnc(Cl)nc1SCc1ccccc1Cl. The number of nitrogens with zero attached hydrogens (tertiary/aromatic N) is 3. The highest BCUT2D eigenvalue weighted by atomic mass is 35.5. The Morgan fingerprint density at radius 1 is 1.32 bits per heavy atom. The van der Waals surface area contributed by atoms with Crippen LogP contribution in [0.3, 0.4) is 0 Å². The molecule has 0 fully saturated rings. The first kappa shape index (κ1) is 14.0. The number of thioether (sulfide) groups is 1. The van der Waals surface area contributed by atoms with Gasteiger partial charge in [-0.1, -0.05) is 41.6 Å². The van der Waals surface area contributed by atoms with Crippen LogP contribution in [0.1, 0.15) is 5.56 Å². The summed E-state index contributed by atoms with van der Waals surface area (Å²) in [5, 5.41) is 11.7. The van der Waals surface area contributed by atoms with E-state index in [0.717, 1.165) is 11.8 Å². The summed E-state index contributed by atoms with van der Waals surface area (Å²) < 4.78 is 0. The van der Waals surface area contributed by atoms with Crippen LogP contribution in [0.5, 0.6) is 0 Å². The molecule has 0 saturated carbocycles. The number of benzene rings is 1. The summed E-state index contributed by atoms with van der Waals surface area (Å²) in [5.74, 6) is 0.466. The van der Waals surface area contributed by atoms with E-state index in [1.54, 1.807) is 6.07 Å². The number of rotatable bonds is 4. The second kappa shape index (κ2) is 6.18. The van der Waals surface area contributed by atoms with Crippen LogP contribution in [0.25, 0.3) is 0 Å². The average molecular weight is 316 g/mol. The summed E-state index contributed by atoms with van der Waals surface area (Å²) in [6, 6.07) is 7.28. The fourth-order valence-electron chi connectivity index (χ4n) is 1.33. The monoisotopic (exact) mass is 315 g/mol. The van der Waals surface area contributed by atoms with Crippen molar-refractivity contribution in [2.24, 2.45) is 0 Å². The summed E-state index contributed by atoms with van der Waals surface area (Å²) in [5.41, 5.74) is 0.708. The van der Waals surface area contributed by atoms with Crippen molar-refractivity contribution >= 4 is 40.7 Å². The first-order valence-corrected chi connectivity index (χ1v) is 6.85. The standard InChI is InChI=1S/C11H7Cl2N3O2S/c12-8-4-2-1-3-7(8)6-19-10-9(16(17)18)5-14-11(13)15-10/h1-5H,6H2. The van der Waals surface area contributed by atoms with Gasteiger partial charge in [0.05, 0.1) is 4.92 Å². The lowest BCUT2D eigenvalue weighted by molar-refractivity contribution is -0.388. The summed E-state index contributed by atoms with van der Waals surface area (Å²) in [7, 11) is 0. The number of nitro groups is 1. The van der Waals surface area contributed by atoms with E-state index in [-0.39, 0.29) is 16.0 Å². The molecule has 0 spiro atoms. The van der Waals surface area contributed by atoms with Crippen molar-refractivity contribution < 1.29 is 4.92 Å². The normalized spacial score (nSPS) is 10.4. The van der Waals surface area contributed by atoms with Gasteiger partial charge in [-0.05, 0) is 23.2 Å². The number of aromatic nitrogens is 2. The van der Waals surface area contributed by atoms with E-state index < -0.39 is 4.92 Å². The average Bonchev–Trinajstić information content (AvgIpc) is 2.37. The first-order chi connectivity index (χ1) is 9.08. The minimum absolute atomic E-state index is 0.0211. The third-order valence-electron chi connectivity index (χ3n) is 2.23. The van der Waals surface area contributed by atoms with Gasteiger partial charge in [-0.15, -0.1) is 0 Å². The van der Waals surface area contributed by atoms with Crippen LogP contribution in [-0.4, -0.2) is 14.9 Å². The Morgan fingerprint density at radius 2 is 2.05 bits per heavy atom. The predicted molar refractivity (Wildman–Crippen MR) is 74.7 cm³/mol. The number of hydrogen-bond acceptors (Lipinski definition) is 5. The smallest absolute Gasteiger partial charge is 0.258 e. The second-order valence-corrected chi connectivity index (χ2v) is 5.18. The van der Waals surface area contributed by atoms with Crippen LogP contribution in [-0.2, 0) is 5.75 Å². The van der Waals surface area contributed by atoms with E-state index in [9.17, 15) is 10.1 Å². The molecule has 2 rings (SSSR count). The summed E-state index contributed by atoms with van der Waals surface area (Å²) in [6.45, 7) is 0. The van der Waals surface area contributed by atoms with Crippen molar-refractivity contribution in [3.05, 3.63) is 56.4 Å². The summed E-state index contributed by atoms with van der Waals surface area (Å²) in [6.07, 6.45) is 1.10. The topological polar surface area (TPSA) is 68.9 Å². The van der Waals surface area contributed by atoms with Gasteiger partial charge >= 0.3 is 5.69 Å². The molecule has 0 aliphatic heterocycles. The van der Waals surface area contributed by atoms with E-state index in [1.165, 1.54) is 11.8 Å². The minimum Gasteiger partial charge on any atom is -0.258 e. The molecule has 1 heterocycles. The minimum atomic E-state index is -0.536. The van der Waals surface area contributed by atoms with Gasteiger partial charge in [-0.25, -0.2) is 9.97 Å². The van der Waals surface area contributed by atoms with E-state index >= 15 is 0 Å². The number of hydrogen-bond donors (Lipinski definition) is 0. The van der Waals surface area contributed by atoms with Gasteiger partial charge in [0.15, 0.2) is 5.03 Å². The molecule has 98 valence electrons. The van der Waals surface area contributed by atoms with E-state index in [1.807, 2.05) is 18.2 Å². The van der Waals surface area contributed by atoms with Crippen LogP contribution in [0.4, 0.5) is 5.69 Å². The van der Waals surface area contributed by atoms with Gasteiger partial charge in [-0.3, -0.25) is 10.1 Å². The Morgan fingerprint density at radius 3 is 2.74 bits per heavy atom. The molecule has 0 radical (unpaired) electrons. The predicted octanol–water partition coefficient (Wildman–Crippen LogP) is 3.98. The third-order valence-corrected chi connectivity index (χ3v) is 3.81. The Kier molecular flexibility index (Phi) is 4.57. The molecule has 0 bridgehead atoms. The molecule has 1 aromatic heterocycles. The van der Waals surface area contributed by atoms with Crippen molar-refractivity contribution in [2.45, 2.75) is 10.8 Å². The van der Waals surface area contributed by atoms with E-state index in [0.29, 0.717) is 10.8 Å². The molecule has 5 nitrogen and oxygen atoms in total. The van der Waals surface area contributed by atoms with Crippen molar-refractivity contribution in [2.75, 3.05) is 0 Å². The van der Waals surface area contributed by atoms with Gasteiger partial charge in [0.1, 0.15) is 6.20 Å². The van der Waals surface area contributed by atoms with Crippen molar-refractivity contribution in [3.8, 4) is 0 Å². The van der Waals surface area contributed by atoms with Crippen LogP contribution in [0.2, 0.25) is 10.3 Å². The molecule has 8 heteroatoms. The molecule has 19 heavy (non-hydrogen) atoms. The zero-order chi connectivity index (χ0) is 13.8. The van der Waals surface area contributed by atoms with Crippen LogP contribution >= 0.6 is 35.0 Å². The Bertz CT molecular complexity index is 625. The molecule has 0 atom stereocenters. The van der Waals surface area contributed by atoms with Crippen LogP contribution in [0, 0.1) is 10.1 Å². The largest absolute Gasteiger partial charge is 0.319 e. The van der Waals surface area contributed by atoms with Crippen molar-refractivity contribution in [1.82, 2.24) is 9.97 Å². The van der Waals surface area contributed by atoms with E-state index in [4.69, 9.17) is 23.2 Å². The van der Waals surface area contributed by atoms with Crippen LogP contribution in [0.15, 0.2) is 35.5 Å². The lowest BCUT2D eigenvalue weighted by Crippen LogP contribution is -1.96. The highest BCUT2D eigenvalue weighted by Gasteiger charge is 2.17. The zero-order valence-corrected chi connectivity index (χ0v) is 11.7. The van der Waals surface area contributed by atoms with Crippen LogP contribution < -0.4 is 0 Å². The van der Waals surface area contributed by atoms with Gasteiger partial charge < -0.3 is 0 Å². The lowest BCUT2D eigenvalue weighted by Gasteiger charge is -2.04. The van der Waals surface area contributed by atoms with Crippen molar-refractivity contribution in [1.29, 1.82) is 0 Å². The Hall–Kier alpha value is -1.37. The fourth-order valence-corrected chi connectivity index (χ4v) is 2.77. The molecule has 0 aliphatic rings. The Labute approximate surface area is 123 Å². The first-order valence-electron chi connectivity index (χ1n) is 5.11. The van der Waals surface area contributed by atoms with Gasteiger partial charge in [-0.2, -0.15) is 0 Å². The van der Waals surface area contributed by atoms with Gasteiger partial charge in [0.25, 0.3) is 0 Å². The number of halogens is 2. The lowest BCUT2D eigenvalue weighted by atomic mass is 10.2. The second-order valence-electron chi connectivity index (χ2n) is 3.47. The molecule has 1 aromatic carbocycles. The molecular weight excluding hydrogens is 309 g/mol. The quantitative estimate of drug-likeness (QED) is 0.280. The molecule has 2 aromatic rings. The summed E-state index contributed by atoms with van der Waals surface area (Å²) in [4.78, 5) is 17.8.